The van der Waals surface area contributed by atoms with Crippen LogP contribution in [0.5, 0.6) is 0 Å². The van der Waals surface area contributed by atoms with Gasteiger partial charge in [-0.25, -0.2) is 0 Å². The van der Waals surface area contributed by atoms with E-state index in [1.807, 2.05) is 31.2 Å². The molecule has 0 bridgehead atoms. The number of anilines is 2. The number of amides is 2. The summed E-state index contributed by atoms with van der Waals surface area (Å²) in [6.45, 7) is 3.25. The first-order valence-corrected chi connectivity index (χ1v) is 7.72. The zero-order valence-corrected chi connectivity index (χ0v) is 14.3. The molecule has 2 aromatic rings. The fourth-order valence-corrected chi connectivity index (χ4v) is 2.31. The maximum absolute atomic E-state index is 12.2. The van der Waals surface area contributed by atoms with Crippen molar-refractivity contribution in [3.05, 3.63) is 58.1 Å². The number of carbonyl (C=O) groups is 2. The van der Waals surface area contributed by atoms with Crippen LogP contribution in [0.1, 0.15) is 12.5 Å². The number of aryl methyl sites for hydroxylation is 1. The topological polar surface area (TPSA) is 49.4 Å². The molecule has 23 heavy (non-hydrogen) atoms. The molecule has 0 aromatic heterocycles. The third-order valence-corrected chi connectivity index (χ3v) is 3.97. The minimum atomic E-state index is -0.296. The molecule has 0 radical (unpaired) electrons. The van der Waals surface area contributed by atoms with Gasteiger partial charge in [-0.2, -0.15) is 0 Å². The van der Waals surface area contributed by atoms with Crippen molar-refractivity contribution in [3.8, 4) is 0 Å². The molecule has 0 heterocycles. The number of benzene rings is 2. The van der Waals surface area contributed by atoms with Crippen LogP contribution < -0.4 is 10.2 Å². The van der Waals surface area contributed by atoms with Gasteiger partial charge in [-0.05, 0) is 37.3 Å². The summed E-state index contributed by atoms with van der Waals surface area (Å²) >= 11 is 11.8. The molecule has 0 fully saturated rings. The minimum Gasteiger partial charge on any atom is -0.325 e. The third kappa shape index (κ3) is 4.71. The number of hydrogen-bond donors (Lipinski definition) is 1. The molecule has 4 nitrogen and oxygen atoms in total. The van der Waals surface area contributed by atoms with Crippen LogP contribution in [0.2, 0.25) is 10.0 Å². The molecule has 1 N–H and O–H groups in total. The summed E-state index contributed by atoms with van der Waals surface area (Å²) in [5, 5.41) is 3.48. The Morgan fingerprint density at radius 1 is 1.04 bits per heavy atom. The minimum absolute atomic E-state index is 0.110. The molecule has 0 aliphatic carbocycles. The maximum atomic E-state index is 12.2. The van der Waals surface area contributed by atoms with Crippen LogP contribution in [-0.2, 0) is 9.59 Å². The van der Waals surface area contributed by atoms with Gasteiger partial charge in [0.2, 0.25) is 11.8 Å². The number of halogens is 2. The molecule has 6 heteroatoms. The summed E-state index contributed by atoms with van der Waals surface area (Å²) in [7, 11) is 0. The number of nitrogens with one attached hydrogen (secondary N) is 1. The van der Waals surface area contributed by atoms with E-state index in [1.165, 1.54) is 11.8 Å². The lowest BCUT2D eigenvalue weighted by atomic mass is 10.2. The number of nitrogens with zero attached hydrogens (tertiary/aromatic N) is 1. The molecule has 0 atom stereocenters. The first kappa shape index (κ1) is 17.3. The Kier molecular flexibility index (Phi) is 5.64. The van der Waals surface area contributed by atoms with Crippen molar-refractivity contribution >= 4 is 46.4 Å². The van der Waals surface area contributed by atoms with Crippen molar-refractivity contribution in [1.82, 2.24) is 0 Å². The Balaban J connectivity index is 2.12. The van der Waals surface area contributed by atoms with Crippen molar-refractivity contribution in [3.63, 3.8) is 0 Å². The summed E-state index contributed by atoms with van der Waals surface area (Å²) in [6, 6.07) is 12.2. The SMILES string of the molecule is CC(=O)N(CC(=O)Nc1ccc(C)cc1)c1ccc(Cl)c(Cl)c1. The standard InChI is InChI=1S/C17H16Cl2N2O2/c1-11-3-5-13(6-4-11)20-17(23)10-21(12(2)22)14-7-8-15(18)16(19)9-14/h3-9H,10H2,1-2H3,(H,20,23). The van der Waals surface area contributed by atoms with Gasteiger partial charge in [-0.15, -0.1) is 0 Å². The number of rotatable bonds is 4. The van der Waals surface area contributed by atoms with Crippen molar-refractivity contribution in [2.75, 3.05) is 16.8 Å². The average molecular weight is 351 g/mol. The van der Waals surface area contributed by atoms with Gasteiger partial charge in [0, 0.05) is 18.3 Å². The highest BCUT2D eigenvalue weighted by Gasteiger charge is 2.17. The smallest absolute Gasteiger partial charge is 0.244 e. The van der Waals surface area contributed by atoms with Gasteiger partial charge in [-0.1, -0.05) is 40.9 Å². The molecular weight excluding hydrogens is 335 g/mol. The number of carbonyl (C=O) groups excluding carboxylic acids is 2. The molecule has 120 valence electrons. The van der Waals surface area contributed by atoms with E-state index >= 15 is 0 Å². The molecule has 0 spiro atoms. The van der Waals surface area contributed by atoms with Crippen LogP contribution >= 0.6 is 23.2 Å². The number of hydrogen-bond acceptors (Lipinski definition) is 2. The summed E-state index contributed by atoms with van der Waals surface area (Å²) in [4.78, 5) is 25.4. The van der Waals surface area contributed by atoms with E-state index in [1.54, 1.807) is 18.2 Å². The van der Waals surface area contributed by atoms with Crippen molar-refractivity contribution in [2.24, 2.45) is 0 Å². The lowest BCUT2D eigenvalue weighted by molar-refractivity contribution is -0.120. The second-order valence-electron chi connectivity index (χ2n) is 5.12. The third-order valence-electron chi connectivity index (χ3n) is 3.23. The van der Waals surface area contributed by atoms with Crippen LogP contribution in [0.3, 0.4) is 0 Å². The van der Waals surface area contributed by atoms with E-state index in [0.717, 1.165) is 5.56 Å². The highest BCUT2D eigenvalue weighted by Crippen LogP contribution is 2.27. The summed E-state index contributed by atoms with van der Waals surface area (Å²) in [6.07, 6.45) is 0. The van der Waals surface area contributed by atoms with Gasteiger partial charge >= 0.3 is 0 Å². The van der Waals surface area contributed by atoms with Crippen LogP contribution in [0, 0.1) is 6.92 Å². The highest BCUT2D eigenvalue weighted by atomic mass is 35.5. The molecule has 0 unspecified atom stereocenters. The van der Waals surface area contributed by atoms with Crippen LogP contribution in [0.4, 0.5) is 11.4 Å². The predicted molar refractivity (Wildman–Crippen MR) is 94.3 cm³/mol. The monoisotopic (exact) mass is 350 g/mol. The van der Waals surface area contributed by atoms with Crippen LogP contribution in [0.15, 0.2) is 42.5 Å². The van der Waals surface area contributed by atoms with Gasteiger partial charge in [0.15, 0.2) is 0 Å². The normalized spacial score (nSPS) is 10.3. The Labute approximate surface area is 145 Å². The Hall–Kier alpha value is -2.04. The summed E-state index contributed by atoms with van der Waals surface area (Å²) in [5.74, 6) is -0.558. The first-order valence-electron chi connectivity index (χ1n) is 6.96. The molecule has 0 saturated carbocycles. The maximum Gasteiger partial charge on any atom is 0.244 e. The zero-order valence-electron chi connectivity index (χ0n) is 12.8. The average Bonchev–Trinajstić information content (AvgIpc) is 2.50. The van der Waals surface area contributed by atoms with Gasteiger partial charge in [-0.3, -0.25) is 9.59 Å². The Bertz CT molecular complexity index is 730. The van der Waals surface area contributed by atoms with Gasteiger partial charge in [0.1, 0.15) is 6.54 Å². The largest absolute Gasteiger partial charge is 0.325 e. The van der Waals surface area contributed by atoms with E-state index in [-0.39, 0.29) is 18.4 Å². The van der Waals surface area contributed by atoms with Crippen molar-refractivity contribution in [2.45, 2.75) is 13.8 Å². The fraction of sp³-hybridized carbons (Fsp3) is 0.176. The van der Waals surface area contributed by atoms with Crippen molar-refractivity contribution in [1.29, 1.82) is 0 Å². The lowest BCUT2D eigenvalue weighted by Crippen LogP contribution is -2.36. The van der Waals surface area contributed by atoms with E-state index < -0.39 is 0 Å². The van der Waals surface area contributed by atoms with E-state index in [9.17, 15) is 9.59 Å². The molecule has 0 saturated heterocycles. The second-order valence-corrected chi connectivity index (χ2v) is 5.93. The molecule has 0 aliphatic heterocycles. The first-order chi connectivity index (χ1) is 10.9. The molecule has 2 amide bonds. The predicted octanol–water partition coefficient (Wildman–Crippen LogP) is 4.29. The Morgan fingerprint density at radius 3 is 2.26 bits per heavy atom. The van der Waals surface area contributed by atoms with Gasteiger partial charge in [0.25, 0.3) is 0 Å². The zero-order chi connectivity index (χ0) is 17.0. The molecule has 0 aliphatic rings. The van der Waals surface area contributed by atoms with E-state index in [2.05, 4.69) is 5.32 Å². The van der Waals surface area contributed by atoms with E-state index in [4.69, 9.17) is 23.2 Å². The summed E-state index contributed by atoms with van der Waals surface area (Å²) < 4.78 is 0. The molecule has 2 rings (SSSR count). The Morgan fingerprint density at radius 2 is 1.70 bits per heavy atom. The second kappa shape index (κ2) is 7.49. The van der Waals surface area contributed by atoms with Crippen molar-refractivity contribution < 1.29 is 9.59 Å². The quantitative estimate of drug-likeness (QED) is 0.893. The molecule has 2 aromatic carbocycles. The summed E-state index contributed by atoms with van der Waals surface area (Å²) in [5.41, 5.74) is 2.30. The molecular formula is C17H16Cl2N2O2. The fourth-order valence-electron chi connectivity index (χ4n) is 2.02. The van der Waals surface area contributed by atoms with E-state index in [0.29, 0.717) is 21.4 Å². The van der Waals surface area contributed by atoms with Gasteiger partial charge in [0.05, 0.1) is 10.0 Å². The van der Waals surface area contributed by atoms with Crippen LogP contribution in [-0.4, -0.2) is 18.4 Å². The lowest BCUT2D eigenvalue weighted by Gasteiger charge is -2.21. The van der Waals surface area contributed by atoms with Gasteiger partial charge < -0.3 is 10.2 Å². The highest BCUT2D eigenvalue weighted by molar-refractivity contribution is 6.42. The van der Waals surface area contributed by atoms with Crippen LogP contribution in [0.25, 0.3) is 0 Å².